The van der Waals surface area contributed by atoms with Gasteiger partial charge in [0.2, 0.25) is 0 Å². The van der Waals surface area contributed by atoms with E-state index in [9.17, 15) is 13.2 Å². The summed E-state index contributed by atoms with van der Waals surface area (Å²) in [6.07, 6.45) is -0.233. The summed E-state index contributed by atoms with van der Waals surface area (Å²) < 4.78 is 37.3. The van der Waals surface area contributed by atoms with Crippen LogP contribution in [-0.4, -0.2) is 6.18 Å². The van der Waals surface area contributed by atoms with Crippen LogP contribution in [0.2, 0.25) is 0 Å². The average molecular weight is 208 g/mol. The number of hydrogen-bond donors (Lipinski definition) is 0. The summed E-state index contributed by atoms with van der Waals surface area (Å²) in [4.78, 5) is 0. The molecule has 0 saturated heterocycles. The van der Waals surface area contributed by atoms with Gasteiger partial charge < -0.3 is 0 Å². The van der Waals surface area contributed by atoms with Crippen molar-refractivity contribution < 1.29 is 13.2 Å². The maximum Gasteiger partial charge on any atom is 0.389 e. The van der Waals surface area contributed by atoms with Gasteiger partial charge in [-0.05, 0) is 24.2 Å². The number of alkyl halides is 3. The van der Waals surface area contributed by atoms with Crippen molar-refractivity contribution in [3.63, 3.8) is 0 Å². The molecular weight excluding hydrogens is 189 g/mol. The van der Waals surface area contributed by atoms with E-state index in [4.69, 9.17) is 0 Å². The normalized spacial score (nSPS) is 23.8. The molecule has 0 heterocycles. The molecule has 0 aromatic rings. The molecule has 0 aromatic carbocycles. The summed E-state index contributed by atoms with van der Waals surface area (Å²) in [5.41, 5.74) is -0.437. The first-order valence-electron chi connectivity index (χ1n) is 5.46. The molecule has 0 nitrogen and oxygen atoms in total. The molecule has 0 radical (unpaired) electrons. The van der Waals surface area contributed by atoms with Gasteiger partial charge in [0, 0.05) is 6.42 Å². The van der Waals surface area contributed by atoms with Crippen LogP contribution in [0.3, 0.4) is 0 Å². The quantitative estimate of drug-likeness (QED) is 0.638. The second-order valence-electron chi connectivity index (χ2n) is 4.67. The predicted molar refractivity (Wildman–Crippen MR) is 51.0 cm³/mol. The molecular formula is C11H19F3. The van der Waals surface area contributed by atoms with Crippen molar-refractivity contribution in [1.29, 1.82) is 0 Å². The minimum atomic E-state index is -3.99. The molecule has 0 N–H and O–H groups in total. The summed E-state index contributed by atoms with van der Waals surface area (Å²) in [5.74, 6) is 0.201. The Balaban J connectivity index is 2.72. The molecule has 0 aliphatic heterocycles. The van der Waals surface area contributed by atoms with Crippen molar-refractivity contribution in [1.82, 2.24) is 0 Å². The molecule has 1 fully saturated rings. The van der Waals surface area contributed by atoms with Gasteiger partial charge in [0.15, 0.2) is 0 Å². The standard InChI is InChI=1S/C11H19F3/c1-3-9(2)10(6-4-5-7-10)8-11(12,13)14/h9H,3-8H2,1-2H3. The summed E-state index contributed by atoms with van der Waals surface area (Å²) in [6.45, 7) is 3.96. The predicted octanol–water partition coefficient (Wildman–Crippen LogP) is 4.55. The number of rotatable bonds is 3. The van der Waals surface area contributed by atoms with Gasteiger partial charge >= 0.3 is 6.18 Å². The van der Waals surface area contributed by atoms with E-state index < -0.39 is 18.0 Å². The summed E-state index contributed by atoms with van der Waals surface area (Å²) >= 11 is 0. The van der Waals surface area contributed by atoms with Gasteiger partial charge in [-0.1, -0.05) is 33.1 Å². The molecule has 1 saturated carbocycles. The smallest absolute Gasteiger partial charge is 0.171 e. The van der Waals surface area contributed by atoms with Crippen LogP contribution in [0.1, 0.15) is 52.4 Å². The van der Waals surface area contributed by atoms with E-state index in [1.54, 1.807) is 0 Å². The van der Waals surface area contributed by atoms with Crippen LogP contribution in [-0.2, 0) is 0 Å². The van der Waals surface area contributed by atoms with Crippen molar-refractivity contribution >= 4 is 0 Å². The zero-order valence-electron chi connectivity index (χ0n) is 8.95. The number of hydrogen-bond acceptors (Lipinski definition) is 0. The van der Waals surface area contributed by atoms with Crippen LogP contribution >= 0.6 is 0 Å². The van der Waals surface area contributed by atoms with Crippen molar-refractivity contribution in [3.05, 3.63) is 0 Å². The molecule has 1 unspecified atom stereocenters. The minimum Gasteiger partial charge on any atom is -0.171 e. The minimum absolute atomic E-state index is 0.201. The van der Waals surface area contributed by atoms with Crippen molar-refractivity contribution in [2.75, 3.05) is 0 Å². The van der Waals surface area contributed by atoms with Crippen LogP contribution in [0.4, 0.5) is 13.2 Å². The molecule has 1 rings (SSSR count). The average Bonchev–Trinajstić information content (AvgIpc) is 2.49. The fourth-order valence-corrected chi connectivity index (χ4v) is 2.76. The topological polar surface area (TPSA) is 0 Å². The third-order valence-corrected chi connectivity index (χ3v) is 3.81. The highest BCUT2D eigenvalue weighted by molar-refractivity contribution is 4.90. The van der Waals surface area contributed by atoms with Crippen LogP contribution in [0.25, 0.3) is 0 Å². The van der Waals surface area contributed by atoms with Gasteiger partial charge in [0.05, 0.1) is 0 Å². The van der Waals surface area contributed by atoms with Gasteiger partial charge in [-0.2, -0.15) is 13.2 Å². The lowest BCUT2D eigenvalue weighted by Crippen LogP contribution is -2.31. The molecule has 1 atom stereocenters. The Morgan fingerprint density at radius 2 is 1.71 bits per heavy atom. The zero-order valence-corrected chi connectivity index (χ0v) is 8.95. The summed E-state index contributed by atoms with van der Waals surface area (Å²) in [6, 6.07) is 0. The first kappa shape index (κ1) is 11.9. The molecule has 1 aliphatic carbocycles. The second kappa shape index (κ2) is 4.11. The van der Waals surface area contributed by atoms with Crippen molar-refractivity contribution in [3.8, 4) is 0 Å². The molecule has 14 heavy (non-hydrogen) atoms. The van der Waals surface area contributed by atoms with Gasteiger partial charge in [0.1, 0.15) is 0 Å². The van der Waals surface area contributed by atoms with E-state index in [-0.39, 0.29) is 5.92 Å². The van der Waals surface area contributed by atoms with Crippen LogP contribution in [0.15, 0.2) is 0 Å². The first-order chi connectivity index (χ1) is 6.40. The summed E-state index contributed by atoms with van der Waals surface area (Å²) in [7, 11) is 0. The Morgan fingerprint density at radius 3 is 2.07 bits per heavy atom. The van der Waals surface area contributed by atoms with Crippen LogP contribution < -0.4 is 0 Å². The largest absolute Gasteiger partial charge is 0.389 e. The van der Waals surface area contributed by atoms with Gasteiger partial charge in [-0.25, -0.2) is 0 Å². The van der Waals surface area contributed by atoms with E-state index in [2.05, 4.69) is 0 Å². The van der Waals surface area contributed by atoms with Gasteiger partial charge in [-0.15, -0.1) is 0 Å². The maximum absolute atomic E-state index is 12.4. The van der Waals surface area contributed by atoms with E-state index in [1.165, 1.54) is 0 Å². The Kier molecular flexibility index (Phi) is 3.49. The van der Waals surface area contributed by atoms with Gasteiger partial charge in [-0.3, -0.25) is 0 Å². The fourth-order valence-electron chi connectivity index (χ4n) is 2.76. The highest BCUT2D eigenvalue weighted by atomic mass is 19.4. The Labute approximate surface area is 83.9 Å². The lowest BCUT2D eigenvalue weighted by molar-refractivity contribution is -0.164. The van der Waals surface area contributed by atoms with E-state index >= 15 is 0 Å². The highest BCUT2D eigenvalue weighted by Crippen LogP contribution is 2.51. The molecule has 3 heteroatoms. The highest BCUT2D eigenvalue weighted by Gasteiger charge is 2.46. The molecule has 0 spiro atoms. The molecule has 1 aliphatic rings. The van der Waals surface area contributed by atoms with E-state index in [0.717, 1.165) is 32.1 Å². The van der Waals surface area contributed by atoms with E-state index in [1.807, 2.05) is 13.8 Å². The fraction of sp³-hybridized carbons (Fsp3) is 1.00. The second-order valence-corrected chi connectivity index (χ2v) is 4.67. The Bertz CT molecular complexity index is 177. The summed E-state index contributed by atoms with van der Waals surface area (Å²) in [5, 5.41) is 0. The van der Waals surface area contributed by atoms with E-state index in [0.29, 0.717) is 0 Å². The number of halogens is 3. The van der Waals surface area contributed by atoms with Crippen molar-refractivity contribution in [2.45, 2.75) is 58.5 Å². The third-order valence-electron chi connectivity index (χ3n) is 3.81. The SMILES string of the molecule is CCC(C)C1(CC(F)(F)F)CCCC1. The molecule has 0 amide bonds. The lowest BCUT2D eigenvalue weighted by Gasteiger charge is -2.35. The molecule has 0 aromatic heterocycles. The van der Waals surface area contributed by atoms with Crippen molar-refractivity contribution in [2.24, 2.45) is 11.3 Å². The van der Waals surface area contributed by atoms with Crippen LogP contribution in [0.5, 0.6) is 0 Å². The third kappa shape index (κ3) is 2.64. The first-order valence-corrected chi connectivity index (χ1v) is 5.46. The molecule has 84 valence electrons. The van der Waals surface area contributed by atoms with Gasteiger partial charge in [0.25, 0.3) is 0 Å². The molecule has 0 bridgehead atoms. The Hall–Kier alpha value is -0.210. The maximum atomic E-state index is 12.4. The zero-order chi connectivity index (χ0) is 10.8. The lowest BCUT2D eigenvalue weighted by atomic mass is 9.71. The Morgan fingerprint density at radius 1 is 1.21 bits per heavy atom. The monoisotopic (exact) mass is 208 g/mol. The van der Waals surface area contributed by atoms with Crippen LogP contribution in [0, 0.1) is 11.3 Å².